The second-order valence-corrected chi connectivity index (χ2v) is 15.6. The summed E-state index contributed by atoms with van der Waals surface area (Å²) in [6, 6.07) is 30.7. The molecule has 8 rings (SSSR count). The molecule has 0 heterocycles. The van der Waals surface area contributed by atoms with Gasteiger partial charge in [0.15, 0.2) is 23.0 Å². The first-order valence-electron chi connectivity index (χ1n) is 19.3. The van der Waals surface area contributed by atoms with E-state index in [0.717, 1.165) is 21.5 Å². The summed E-state index contributed by atoms with van der Waals surface area (Å²) in [5.41, 5.74) is 4.14. The number of fused-ring (bicyclic) bond motifs is 4. The molecule has 0 aliphatic heterocycles. The predicted octanol–water partition coefficient (Wildman–Crippen LogP) is 12.6. The Morgan fingerprint density at radius 2 is 0.793 bits per heavy atom. The van der Waals surface area contributed by atoms with Gasteiger partial charge in [-0.15, -0.1) is 0 Å². The number of aryl methyl sites for hydroxylation is 2. The lowest BCUT2D eigenvalue weighted by atomic mass is 9.83. The lowest BCUT2D eigenvalue weighted by Gasteiger charge is -2.23. The van der Waals surface area contributed by atoms with E-state index in [1.54, 1.807) is 0 Å². The van der Waals surface area contributed by atoms with Crippen LogP contribution in [-0.4, -0.2) is 43.1 Å². The molecular weight excluding hydrogens is 725 g/mol. The van der Waals surface area contributed by atoms with Crippen LogP contribution in [0.2, 0.25) is 0 Å². The highest BCUT2D eigenvalue weighted by molar-refractivity contribution is 6.16. The molecule has 0 aromatic heterocycles. The molecule has 0 aliphatic rings. The van der Waals surface area contributed by atoms with Gasteiger partial charge >= 0.3 is 0 Å². The lowest BCUT2D eigenvalue weighted by Crippen LogP contribution is -2.01. The van der Waals surface area contributed by atoms with Crippen molar-refractivity contribution in [2.45, 2.75) is 53.4 Å². The van der Waals surface area contributed by atoms with Crippen LogP contribution in [0.5, 0.6) is 34.5 Å². The van der Waals surface area contributed by atoms with Gasteiger partial charge in [-0.2, -0.15) is 0 Å². The number of aliphatic imine (C=N–C) groups is 2. The van der Waals surface area contributed by atoms with Crippen molar-refractivity contribution in [1.29, 1.82) is 0 Å². The third-order valence-electron chi connectivity index (χ3n) is 11.2. The predicted molar refractivity (Wildman–Crippen MR) is 237 cm³/mol. The van der Waals surface area contributed by atoms with Crippen LogP contribution in [0.25, 0.3) is 54.2 Å². The minimum Gasteiger partial charge on any atom is -0.507 e. The van der Waals surface area contributed by atoms with Gasteiger partial charge in [-0.05, 0) is 70.5 Å². The Bertz CT molecular complexity index is 2830. The smallest absolute Gasteiger partial charge is 0.167 e. The first-order valence-corrected chi connectivity index (χ1v) is 19.3. The largest absolute Gasteiger partial charge is 0.507 e. The van der Waals surface area contributed by atoms with Crippen LogP contribution in [0.1, 0.15) is 72.9 Å². The molecule has 0 saturated carbocycles. The zero-order chi connectivity index (χ0) is 41.2. The van der Waals surface area contributed by atoms with Gasteiger partial charge in [-0.1, -0.05) is 113 Å². The maximum absolute atomic E-state index is 12.6. The molecule has 8 aromatic rings. The van der Waals surface area contributed by atoms with Gasteiger partial charge in [0.25, 0.3) is 0 Å². The summed E-state index contributed by atoms with van der Waals surface area (Å²) < 4.78 is 0. The topological polar surface area (TPSA) is 146 Å². The highest BCUT2D eigenvalue weighted by atomic mass is 16.3. The fraction of sp³-hybridized carbons (Fsp3) is 0.160. The number of rotatable bonds is 7. The first kappa shape index (κ1) is 37.8. The SMILES string of the molecule is Cc1cc2c(C(C)C)c(O)c(O)c(C=Nc3cccc4ccccc34)c2c(O)c1-c1c(C)cc2c(C(C)C)c(O)c(O)c(C=Nc3cccc4ccccc34)c2c1O. The number of nitrogens with zero attached hydrogens (tertiary/aromatic N) is 2. The van der Waals surface area contributed by atoms with Crippen molar-refractivity contribution in [2.24, 2.45) is 9.98 Å². The van der Waals surface area contributed by atoms with Crippen LogP contribution in [0.3, 0.4) is 0 Å². The molecule has 0 saturated heterocycles. The standard InChI is InChI=1S/C50H44N2O6/c1-25(2)39-33-21-27(5)41(47(55)43(33)35(45(53)49(39)57)23-51-37-19-11-15-29-13-7-9-17-31(29)37)42-28(6)22-34-40(26(3)4)50(58)46(54)36(44(34)48(42)56)24-52-38-20-12-16-30-14-8-10-18-32(30)38/h7-26,53-58H,1-6H3. The van der Waals surface area contributed by atoms with E-state index in [-0.39, 0.29) is 56.7 Å². The number of hydrogen-bond acceptors (Lipinski definition) is 8. The van der Waals surface area contributed by atoms with E-state index in [4.69, 9.17) is 9.98 Å². The molecule has 0 bridgehead atoms. The molecule has 6 N–H and O–H groups in total. The molecule has 8 heteroatoms. The number of phenols is 6. The zero-order valence-corrected chi connectivity index (χ0v) is 33.1. The summed E-state index contributed by atoms with van der Waals surface area (Å²) in [6.07, 6.45) is 2.90. The van der Waals surface area contributed by atoms with E-state index in [0.29, 0.717) is 55.5 Å². The van der Waals surface area contributed by atoms with Crippen molar-refractivity contribution in [3.63, 3.8) is 0 Å². The van der Waals surface area contributed by atoms with Gasteiger partial charge in [-0.3, -0.25) is 9.98 Å². The third kappa shape index (κ3) is 6.00. The normalized spacial score (nSPS) is 12.2. The lowest BCUT2D eigenvalue weighted by molar-refractivity contribution is 0.398. The Morgan fingerprint density at radius 1 is 0.431 bits per heavy atom. The number of aromatic hydroxyl groups is 6. The van der Waals surface area contributed by atoms with Gasteiger partial charge in [-0.25, -0.2) is 0 Å². The number of benzene rings is 8. The molecular formula is C50H44N2O6. The third-order valence-corrected chi connectivity index (χ3v) is 11.2. The maximum atomic E-state index is 12.6. The fourth-order valence-corrected chi connectivity index (χ4v) is 8.53. The fourth-order valence-electron chi connectivity index (χ4n) is 8.53. The molecule has 0 radical (unpaired) electrons. The van der Waals surface area contributed by atoms with Gasteiger partial charge in [0, 0.05) is 56.2 Å². The van der Waals surface area contributed by atoms with Crippen LogP contribution in [0.15, 0.2) is 107 Å². The van der Waals surface area contributed by atoms with Crippen molar-refractivity contribution in [2.75, 3.05) is 0 Å². The molecule has 0 unspecified atom stereocenters. The molecule has 0 atom stereocenters. The second kappa shape index (κ2) is 14.5. The zero-order valence-electron chi connectivity index (χ0n) is 33.1. The Hall–Kier alpha value is -7.06. The van der Waals surface area contributed by atoms with E-state index in [1.165, 1.54) is 12.4 Å². The molecule has 8 aromatic carbocycles. The van der Waals surface area contributed by atoms with Gasteiger partial charge in [0.05, 0.1) is 22.5 Å². The van der Waals surface area contributed by atoms with Crippen LogP contribution in [0, 0.1) is 13.8 Å². The Kier molecular flexibility index (Phi) is 9.44. The van der Waals surface area contributed by atoms with Crippen LogP contribution >= 0.6 is 0 Å². The average molecular weight is 769 g/mol. The molecule has 0 spiro atoms. The van der Waals surface area contributed by atoms with E-state index >= 15 is 0 Å². The number of phenolic OH excluding ortho intramolecular Hbond substituents is 6. The van der Waals surface area contributed by atoms with Crippen LogP contribution in [0.4, 0.5) is 11.4 Å². The van der Waals surface area contributed by atoms with Crippen molar-refractivity contribution in [1.82, 2.24) is 0 Å². The van der Waals surface area contributed by atoms with E-state index in [2.05, 4.69) is 0 Å². The monoisotopic (exact) mass is 768 g/mol. The van der Waals surface area contributed by atoms with Gasteiger partial charge in [0.1, 0.15) is 11.5 Å². The minimum absolute atomic E-state index is 0.106. The molecule has 290 valence electrons. The van der Waals surface area contributed by atoms with Crippen molar-refractivity contribution in [3.8, 4) is 45.6 Å². The molecule has 0 aliphatic carbocycles. The maximum Gasteiger partial charge on any atom is 0.167 e. The minimum atomic E-state index is -0.432. The number of hydrogen-bond donors (Lipinski definition) is 6. The van der Waals surface area contributed by atoms with Crippen LogP contribution < -0.4 is 0 Å². The summed E-state index contributed by atoms with van der Waals surface area (Å²) in [7, 11) is 0. The summed E-state index contributed by atoms with van der Waals surface area (Å²) in [4.78, 5) is 9.54. The van der Waals surface area contributed by atoms with Crippen molar-refractivity contribution in [3.05, 3.63) is 130 Å². The molecule has 58 heavy (non-hydrogen) atoms. The molecule has 8 nitrogen and oxygen atoms in total. The first-order chi connectivity index (χ1) is 27.8. The van der Waals surface area contributed by atoms with E-state index in [9.17, 15) is 30.6 Å². The summed E-state index contributed by atoms with van der Waals surface area (Å²) in [6.45, 7) is 11.2. The highest BCUT2D eigenvalue weighted by Gasteiger charge is 2.29. The van der Waals surface area contributed by atoms with E-state index < -0.39 is 11.5 Å². The van der Waals surface area contributed by atoms with E-state index in [1.807, 2.05) is 139 Å². The Labute approximate surface area is 336 Å². The molecule has 0 fully saturated rings. The van der Waals surface area contributed by atoms with Crippen LogP contribution in [-0.2, 0) is 0 Å². The highest BCUT2D eigenvalue weighted by Crippen LogP contribution is 2.54. The summed E-state index contributed by atoms with van der Waals surface area (Å²) >= 11 is 0. The van der Waals surface area contributed by atoms with Gasteiger partial charge in [0.2, 0.25) is 0 Å². The summed E-state index contributed by atoms with van der Waals surface area (Å²) in [5, 5.41) is 76.6. The quantitative estimate of drug-likeness (QED) is 0.0703. The second-order valence-electron chi connectivity index (χ2n) is 15.6. The van der Waals surface area contributed by atoms with Crippen molar-refractivity contribution < 1.29 is 30.6 Å². The molecule has 0 amide bonds. The Morgan fingerprint density at radius 3 is 1.17 bits per heavy atom. The van der Waals surface area contributed by atoms with Crippen molar-refractivity contribution >= 4 is 66.9 Å². The average Bonchev–Trinajstić information content (AvgIpc) is 3.19. The van der Waals surface area contributed by atoms with Gasteiger partial charge < -0.3 is 30.6 Å². The Balaban J connectivity index is 1.43. The summed E-state index contributed by atoms with van der Waals surface area (Å²) in [5.74, 6) is -2.42.